The van der Waals surface area contributed by atoms with Gasteiger partial charge in [-0.1, -0.05) is 12.1 Å². The summed E-state index contributed by atoms with van der Waals surface area (Å²) < 4.78 is 35.1. The summed E-state index contributed by atoms with van der Waals surface area (Å²) in [7, 11) is 0. The number of nitrogens with one attached hydrogen (secondary N) is 2. The molecule has 0 aliphatic carbocycles. The van der Waals surface area contributed by atoms with E-state index in [9.17, 15) is 18.0 Å². The van der Waals surface area contributed by atoms with Crippen molar-refractivity contribution < 1.29 is 18.0 Å². The van der Waals surface area contributed by atoms with Crippen molar-refractivity contribution in [2.45, 2.75) is 6.18 Å². The standard InChI is InChI=1S/C9H8F3N2O/c10-9(11,12)6-13-8(15)14-7-4-2-1-3-5-7/h2-5H,6H2,(H2,13,14,15). The Morgan fingerprint density at radius 2 is 1.93 bits per heavy atom. The Balaban J connectivity index is 2.38. The van der Waals surface area contributed by atoms with Crippen LogP contribution in [0.25, 0.3) is 0 Å². The number of halogens is 3. The summed E-state index contributed by atoms with van der Waals surface area (Å²) in [5.41, 5.74) is 0.411. The van der Waals surface area contributed by atoms with Gasteiger partial charge in [0.1, 0.15) is 6.54 Å². The van der Waals surface area contributed by atoms with Crippen LogP contribution in [-0.4, -0.2) is 18.8 Å². The average molecular weight is 217 g/mol. The van der Waals surface area contributed by atoms with Gasteiger partial charge >= 0.3 is 12.2 Å². The van der Waals surface area contributed by atoms with Gasteiger partial charge in [-0.05, 0) is 18.2 Å². The topological polar surface area (TPSA) is 41.1 Å². The van der Waals surface area contributed by atoms with Crippen molar-refractivity contribution in [1.29, 1.82) is 0 Å². The van der Waals surface area contributed by atoms with Crippen molar-refractivity contribution in [1.82, 2.24) is 5.32 Å². The highest BCUT2D eigenvalue weighted by Crippen LogP contribution is 2.12. The van der Waals surface area contributed by atoms with Crippen molar-refractivity contribution >= 4 is 11.7 Å². The van der Waals surface area contributed by atoms with E-state index in [-0.39, 0.29) is 0 Å². The number of hydrogen-bond donors (Lipinski definition) is 2. The second-order valence-electron chi connectivity index (χ2n) is 2.71. The van der Waals surface area contributed by atoms with Crippen LogP contribution < -0.4 is 10.6 Å². The third-order valence-electron chi connectivity index (χ3n) is 1.43. The third kappa shape index (κ3) is 4.90. The van der Waals surface area contributed by atoms with Gasteiger partial charge in [-0.15, -0.1) is 0 Å². The van der Waals surface area contributed by atoms with E-state index >= 15 is 0 Å². The Morgan fingerprint density at radius 1 is 1.33 bits per heavy atom. The van der Waals surface area contributed by atoms with Crippen LogP contribution in [0.5, 0.6) is 0 Å². The number of hydrogen-bond acceptors (Lipinski definition) is 1. The van der Waals surface area contributed by atoms with Crippen LogP contribution >= 0.6 is 0 Å². The van der Waals surface area contributed by atoms with Crippen molar-refractivity contribution in [2.75, 3.05) is 11.9 Å². The van der Waals surface area contributed by atoms with Crippen molar-refractivity contribution in [2.24, 2.45) is 0 Å². The van der Waals surface area contributed by atoms with E-state index in [4.69, 9.17) is 0 Å². The number of benzene rings is 1. The zero-order valence-electron chi connectivity index (χ0n) is 7.56. The number of carbonyl (C=O) groups excluding carboxylic acids is 1. The number of carbonyl (C=O) groups is 1. The van der Waals surface area contributed by atoms with Gasteiger partial charge in [0, 0.05) is 5.69 Å². The maximum absolute atomic E-state index is 11.7. The first-order valence-corrected chi connectivity index (χ1v) is 4.05. The Morgan fingerprint density at radius 3 is 2.47 bits per heavy atom. The molecular formula is C9H8F3N2O. The van der Waals surface area contributed by atoms with E-state index in [1.807, 2.05) is 0 Å². The summed E-state index contributed by atoms with van der Waals surface area (Å²) in [6.45, 7) is -1.35. The van der Waals surface area contributed by atoms with Gasteiger partial charge in [0.2, 0.25) is 0 Å². The Hall–Kier alpha value is -1.72. The molecule has 0 aliphatic rings. The highest BCUT2D eigenvalue weighted by Gasteiger charge is 2.27. The summed E-state index contributed by atoms with van der Waals surface area (Å²) in [4.78, 5) is 10.9. The second-order valence-corrected chi connectivity index (χ2v) is 2.71. The normalized spacial score (nSPS) is 10.9. The molecule has 0 bridgehead atoms. The maximum Gasteiger partial charge on any atom is 0.405 e. The molecule has 2 amide bonds. The fraction of sp³-hybridized carbons (Fsp3) is 0.222. The van der Waals surface area contributed by atoms with Gasteiger partial charge in [0.05, 0.1) is 0 Å². The number of alkyl halides is 3. The monoisotopic (exact) mass is 217 g/mol. The molecule has 1 aromatic carbocycles. The van der Waals surface area contributed by atoms with E-state index in [1.165, 1.54) is 12.1 Å². The lowest BCUT2D eigenvalue weighted by atomic mass is 10.3. The zero-order valence-corrected chi connectivity index (χ0v) is 7.56. The van der Waals surface area contributed by atoms with E-state index in [1.54, 1.807) is 17.4 Å². The number of amides is 2. The Labute approximate surface area is 84.3 Å². The first-order chi connectivity index (χ1) is 6.97. The lowest BCUT2D eigenvalue weighted by Crippen LogP contribution is -2.36. The first-order valence-electron chi connectivity index (χ1n) is 4.05. The summed E-state index contributed by atoms with van der Waals surface area (Å²) >= 11 is 0. The molecule has 0 heterocycles. The third-order valence-corrected chi connectivity index (χ3v) is 1.43. The van der Waals surface area contributed by atoms with Gasteiger partial charge < -0.3 is 10.6 Å². The predicted octanol–water partition coefficient (Wildman–Crippen LogP) is 2.17. The largest absolute Gasteiger partial charge is 0.405 e. The molecule has 1 radical (unpaired) electrons. The predicted molar refractivity (Wildman–Crippen MR) is 48.4 cm³/mol. The molecule has 0 saturated heterocycles. The molecule has 0 saturated carbocycles. The van der Waals surface area contributed by atoms with E-state index < -0.39 is 18.8 Å². The molecule has 1 aromatic rings. The molecule has 1 rings (SSSR count). The summed E-state index contributed by atoms with van der Waals surface area (Å²) in [6, 6.07) is 7.94. The van der Waals surface area contributed by atoms with Gasteiger partial charge in [-0.3, -0.25) is 0 Å². The fourth-order valence-corrected chi connectivity index (χ4v) is 0.826. The molecule has 0 atom stereocenters. The van der Waals surface area contributed by atoms with Gasteiger partial charge in [0.15, 0.2) is 0 Å². The molecule has 0 aliphatic heterocycles. The van der Waals surface area contributed by atoms with E-state index in [0.717, 1.165) is 0 Å². The molecule has 0 unspecified atom stereocenters. The van der Waals surface area contributed by atoms with Crippen molar-refractivity contribution in [3.63, 3.8) is 0 Å². The molecule has 3 nitrogen and oxygen atoms in total. The van der Waals surface area contributed by atoms with Crippen LogP contribution in [0.15, 0.2) is 24.3 Å². The van der Waals surface area contributed by atoms with Gasteiger partial charge in [0.25, 0.3) is 0 Å². The van der Waals surface area contributed by atoms with Crippen LogP contribution in [0.4, 0.5) is 23.7 Å². The summed E-state index contributed by atoms with van der Waals surface area (Å²) in [5.74, 6) is 0. The lowest BCUT2D eigenvalue weighted by Gasteiger charge is -2.09. The molecule has 0 fully saturated rings. The van der Waals surface area contributed by atoms with Crippen LogP contribution in [0.2, 0.25) is 0 Å². The average Bonchev–Trinajstić information content (AvgIpc) is 2.15. The van der Waals surface area contributed by atoms with Crippen molar-refractivity contribution in [3.05, 3.63) is 30.3 Å². The number of urea groups is 1. The summed E-state index contributed by atoms with van der Waals surface area (Å²) in [6.07, 6.45) is -4.40. The SMILES string of the molecule is O=C(NCC(F)(F)F)Nc1cc[c]cc1. The lowest BCUT2D eigenvalue weighted by molar-refractivity contribution is -0.122. The van der Waals surface area contributed by atoms with E-state index in [2.05, 4.69) is 11.4 Å². The second kappa shape index (κ2) is 4.68. The zero-order chi connectivity index (χ0) is 11.3. The smallest absolute Gasteiger partial charge is 0.329 e. The first kappa shape index (κ1) is 11.4. The molecule has 81 valence electrons. The minimum absolute atomic E-state index is 0.411. The van der Waals surface area contributed by atoms with Crippen molar-refractivity contribution in [3.8, 4) is 0 Å². The molecule has 2 N–H and O–H groups in total. The maximum atomic E-state index is 11.7. The molecule has 15 heavy (non-hydrogen) atoms. The molecule has 0 aromatic heterocycles. The minimum atomic E-state index is -4.40. The quantitative estimate of drug-likeness (QED) is 0.783. The van der Waals surface area contributed by atoms with Crippen LogP contribution in [0, 0.1) is 6.07 Å². The molecule has 6 heteroatoms. The minimum Gasteiger partial charge on any atom is -0.329 e. The van der Waals surface area contributed by atoms with E-state index in [0.29, 0.717) is 5.69 Å². The highest BCUT2D eigenvalue weighted by molar-refractivity contribution is 5.89. The molecular weight excluding hydrogens is 209 g/mol. The highest BCUT2D eigenvalue weighted by atomic mass is 19.4. The number of rotatable bonds is 2. The van der Waals surface area contributed by atoms with Crippen LogP contribution in [0.1, 0.15) is 0 Å². The summed E-state index contributed by atoms with van der Waals surface area (Å²) in [5, 5.41) is 3.93. The Bertz CT molecular complexity index is 324. The number of anilines is 1. The molecule has 0 spiro atoms. The van der Waals surface area contributed by atoms with Crippen LogP contribution in [-0.2, 0) is 0 Å². The van der Waals surface area contributed by atoms with Crippen LogP contribution in [0.3, 0.4) is 0 Å². The Kier molecular flexibility index (Phi) is 3.54. The van der Waals surface area contributed by atoms with Gasteiger partial charge in [-0.2, -0.15) is 13.2 Å². The fourth-order valence-electron chi connectivity index (χ4n) is 0.826. The van der Waals surface area contributed by atoms with Gasteiger partial charge in [-0.25, -0.2) is 4.79 Å².